The maximum absolute atomic E-state index is 12.3. The van der Waals surface area contributed by atoms with E-state index in [1.807, 2.05) is 34.6 Å². The monoisotopic (exact) mass is 452 g/mol. The number of carboxylic acids is 1. The molecule has 0 bridgehead atoms. The summed E-state index contributed by atoms with van der Waals surface area (Å²) >= 11 is 0. The van der Waals surface area contributed by atoms with Crippen LogP contribution in [0.3, 0.4) is 0 Å². The van der Waals surface area contributed by atoms with Gasteiger partial charge in [0.15, 0.2) is 0 Å². The molecule has 0 aromatic carbocycles. The molecule has 0 aromatic heterocycles. The summed E-state index contributed by atoms with van der Waals surface area (Å²) in [4.78, 5) is 34.2. The summed E-state index contributed by atoms with van der Waals surface area (Å²) in [5.41, 5.74) is 0.117. The number of carboxylic acid groups (broad SMARTS) is 1. The van der Waals surface area contributed by atoms with Crippen molar-refractivity contribution in [1.82, 2.24) is 10.6 Å². The van der Waals surface area contributed by atoms with Crippen LogP contribution < -0.4 is 10.6 Å². The van der Waals surface area contributed by atoms with Gasteiger partial charge in [-0.05, 0) is 13.0 Å². The molecule has 0 aromatic rings. The zero-order chi connectivity index (χ0) is 24.6. The van der Waals surface area contributed by atoms with Crippen molar-refractivity contribution in [3.63, 3.8) is 0 Å². The summed E-state index contributed by atoms with van der Waals surface area (Å²) in [7, 11) is 0. The number of amides is 2. The largest absolute Gasteiger partial charge is 0.481 e. The average molecular weight is 453 g/mol. The Bertz CT molecular complexity index is 680. The highest BCUT2D eigenvalue weighted by Gasteiger charge is 2.23. The SMILES string of the molecule is C=C/C=C\C(=C/C)C(=O)NCC(C)(C)COCC(C)(C)COCCNC(=O)CCC(=O)O. The average Bonchev–Trinajstić information content (AvgIpc) is 2.70. The standard InChI is InChI=1S/C24H40N2O6/c1-7-9-10-19(8-2)22(30)26-15-23(3,4)16-32-18-24(5,6)17-31-14-13-25-20(27)11-12-21(28)29/h7-10H,1,11-18H2,2-6H3,(H,25,27)(H,26,30)(H,28,29)/b10-9-,19-8+. The molecule has 0 heterocycles. The first kappa shape index (κ1) is 29.5. The third kappa shape index (κ3) is 15.4. The predicted molar refractivity (Wildman–Crippen MR) is 125 cm³/mol. The van der Waals surface area contributed by atoms with Crippen LogP contribution in [0.15, 0.2) is 36.5 Å². The molecule has 0 unspecified atom stereocenters. The van der Waals surface area contributed by atoms with Crippen LogP contribution in [0.4, 0.5) is 0 Å². The minimum atomic E-state index is -0.994. The van der Waals surface area contributed by atoms with Gasteiger partial charge in [-0.15, -0.1) is 0 Å². The maximum atomic E-state index is 12.3. The van der Waals surface area contributed by atoms with E-state index in [4.69, 9.17) is 14.6 Å². The molecule has 0 fully saturated rings. The second-order valence-electron chi connectivity index (χ2n) is 9.14. The molecule has 8 nitrogen and oxygen atoms in total. The normalized spacial score (nSPS) is 12.6. The first-order valence-electron chi connectivity index (χ1n) is 10.8. The minimum Gasteiger partial charge on any atom is -0.481 e. The highest BCUT2D eigenvalue weighted by atomic mass is 16.5. The van der Waals surface area contributed by atoms with E-state index in [1.165, 1.54) is 0 Å². The fourth-order valence-corrected chi connectivity index (χ4v) is 2.51. The van der Waals surface area contributed by atoms with Crippen molar-refractivity contribution >= 4 is 17.8 Å². The second-order valence-corrected chi connectivity index (χ2v) is 9.14. The van der Waals surface area contributed by atoms with Gasteiger partial charge in [0.1, 0.15) is 0 Å². The number of carbonyl (C=O) groups is 3. The lowest BCUT2D eigenvalue weighted by Crippen LogP contribution is -2.38. The van der Waals surface area contributed by atoms with Crippen molar-refractivity contribution in [2.45, 2.75) is 47.5 Å². The van der Waals surface area contributed by atoms with Crippen LogP contribution >= 0.6 is 0 Å². The third-order valence-electron chi connectivity index (χ3n) is 4.33. The summed E-state index contributed by atoms with van der Waals surface area (Å²) < 4.78 is 11.5. The Kier molecular flexibility index (Phi) is 14.2. The van der Waals surface area contributed by atoms with E-state index in [2.05, 4.69) is 17.2 Å². The zero-order valence-electron chi connectivity index (χ0n) is 20.2. The van der Waals surface area contributed by atoms with Gasteiger partial charge in [-0.25, -0.2) is 0 Å². The summed E-state index contributed by atoms with van der Waals surface area (Å²) in [6.07, 6.45) is 6.60. The van der Waals surface area contributed by atoms with E-state index in [0.29, 0.717) is 45.1 Å². The smallest absolute Gasteiger partial charge is 0.303 e. The quantitative estimate of drug-likeness (QED) is 0.178. The predicted octanol–water partition coefficient (Wildman–Crippen LogP) is 2.86. The van der Waals surface area contributed by atoms with E-state index >= 15 is 0 Å². The van der Waals surface area contributed by atoms with Gasteiger partial charge in [0.05, 0.1) is 32.8 Å². The molecular formula is C24H40N2O6. The summed E-state index contributed by atoms with van der Waals surface area (Å²) in [6, 6.07) is 0. The van der Waals surface area contributed by atoms with Gasteiger partial charge in [-0.3, -0.25) is 14.4 Å². The molecule has 32 heavy (non-hydrogen) atoms. The van der Waals surface area contributed by atoms with Crippen molar-refractivity contribution in [2.24, 2.45) is 10.8 Å². The van der Waals surface area contributed by atoms with Gasteiger partial charge in [0, 0.05) is 35.9 Å². The molecular weight excluding hydrogens is 412 g/mol. The van der Waals surface area contributed by atoms with Crippen molar-refractivity contribution in [2.75, 3.05) is 39.5 Å². The molecule has 0 rings (SSSR count). The van der Waals surface area contributed by atoms with Crippen molar-refractivity contribution in [3.8, 4) is 0 Å². The Morgan fingerprint density at radius 2 is 1.59 bits per heavy atom. The molecule has 0 aliphatic heterocycles. The molecule has 0 saturated carbocycles. The van der Waals surface area contributed by atoms with Crippen LogP contribution in [0.25, 0.3) is 0 Å². The molecule has 0 saturated heterocycles. The summed E-state index contributed by atoms with van der Waals surface area (Å²) in [5.74, 6) is -1.43. The van der Waals surface area contributed by atoms with Gasteiger partial charge >= 0.3 is 5.97 Å². The molecule has 0 spiro atoms. The van der Waals surface area contributed by atoms with E-state index in [-0.39, 0.29) is 35.5 Å². The molecule has 8 heteroatoms. The molecule has 0 radical (unpaired) electrons. The fourth-order valence-electron chi connectivity index (χ4n) is 2.51. The first-order valence-corrected chi connectivity index (χ1v) is 10.8. The van der Waals surface area contributed by atoms with Crippen molar-refractivity contribution in [1.29, 1.82) is 0 Å². The molecule has 0 aliphatic carbocycles. The van der Waals surface area contributed by atoms with E-state index in [1.54, 1.807) is 24.3 Å². The van der Waals surface area contributed by atoms with Gasteiger partial charge in [-0.1, -0.05) is 52.5 Å². The third-order valence-corrected chi connectivity index (χ3v) is 4.33. The Labute approximate surface area is 192 Å². The van der Waals surface area contributed by atoms with Crippen molar-refractivity contribution < 1.29 is 29.0 Å². The number of nitrogens with one attached hydrogen (secondary N) is 2. The number of hydrogen-bond acceptors (Lipinski definition) is 5. The molecule has 3 N–H and O–H groups in total. The lowest BCUT2D eigenvalue weighted by atomic mass is 9.93. The highest BCUT2D eigenvalue weighted by Crippen LogP contribution is 2.20. The Balaban J connectivity index is 4.16. The first-order chi connectivity index (χ1) is 14.9. The number of rotatable bonds is 17. The number of aliphatic carboxylic acids is 1. The fraction of sp³-hybridized carbons (Fsp3) is 0.625. The van der Waals surface area contributed by atoms with Crippen LogP contribution in [-0.2, 0) is 23.9 Å². The molecule has 2 amide bonds. The van der Waals surface area contributed by atoms with Gasteiger partial charge in [0.25, 0.3) is 5.91 Å². The highest BCUT2D eigenvalue weighted by molar-refractivity contribution is 5.96. The number of ether oxygens (including phenoxy) is 2. The van der Waals surface area contributed by atoms with E-state index < -0.39 is 5.97 Å². The zero-order valence-corrected chi connectivity index (χ0v) is 20.2. The molecule has 0 aliphatic rings. The van der Waals surface area contributed by atoms with Crippen molar-refractivity contribution in [3.05, 3.63) is 36.5 Å². The van der Waals surface area contributed by atoms with Crippen LogP contribution in [0.1, 0.15) is 47.5 Å². The van der Waals surface area contributed by atoms with Gasteiger partial charge < -0.3 is 25.2 Å². The lowest BCUT2D eigenvalue weighted by molar-refractivity contribution is -0.138. The Morgan fingerprint density at radius 3 is 2.19 bits per heavy atom. The molecule has 0 atom stereocenters. The van der Waals surface area contributed by atoms with Gasteiger partial charge in [-0.2, -0.15) is 0 Å². The molecule has 182 valence electrons. The number of allylic oxidation sites excluding steroid dienone is 3. The maximum Gasteiger partial charge on any atom is 0.303 e. The van der Waals surface area contributed by atoms with E-state index in [9.17, 15) is 14.4 Å². The lowest BCUT2D eigenvalue weighted by Gasteiger charge is -2.29. The van der Waals surface area contributed by atoms with Gasteiger partial charge in [0.2, 0.25) is 5.91 Å². The number of hydrogen-bond donors (Lipinski definition) is 3. The summed E-state index contributed by atoms with van der Waals surface area (Å²) in [5, 5.41) is 14.1. The Morgan fingerprint density at radius 1 is 0.969 bits per heavy atom. The second kappa shape index (κ2) is 15.4. The van der Waals surface area contributed by atoms with Crippen LogP contribution in [-0.4, -0.2) is 62.4 Å². The van der Waals surface area contributed by atoms with Crippen LogP contribution in [0.2, 0.25) is 0 Å². The van der Waals surface area contributed by atoms with Crippen LogP contribution in [0, 0.1) is 10.8 Å². The Hall–Kier alpha value is -2.45. The minimum absolute atomic E-state index is 0.0352. The van der Waals surface area contributed by atoms with E-state index in [0.717, 1.165) is 0 Å². The topological polar surface area (TPSA) is 114 Å². The van der Waals surface area contributed by atoms with Crippen LogP contribution in [0.5, 0.6) is 0 Å². The number of carbonyl (C=O) groups excluding carboxylic acids is 2. The summed E-state index contributed by atoms with van der Waals surface area (Å²) in [6.45, 7) is 16.1.